The molecule has 0 aliphatic rings. The standard InChI is InChI=1S/C22H22BrN3O/c1-14-5-10-21(15(2)11-14)26-16(3)12-19(17(26)4)13-24-25-22(27)18-6-8-20(23)9-7-18/h5-13H,1-4H3,(H,25,27)/b24-13-. The van der Waals surface area contributed by atoms with E-state index >= 15 is 0 Å². The van der Waals surface area contributed by atoms with E-state index in [0.717, 1.165) is 27.1 Å². The van der Waals surface area contributed by atoms with Gasteiger partial charge < -0.3 is 4.57 Å². The molecule has 3 aromatic rings. The summed E-state index contributed by atoms with van der Waals surface area (Å²) in [4.78, 5) is 12.2. The van der Waals surface area contributed by atoms with Crippen molar-refractivity contribution >= 4 is 28.1 Å². The van der Waals surface area contributed by atoms with Crippen LogP contribution in [0.2, 0.25) is 0 Å². The molecule has 5 heteroatoms. The number of hydrazone groups is 1. The smallest absolute Gasteiger partial charge is 0.271 e. The van der Waals surface area contributed by atoms with E-state index in [2.05, 4.69) is 83.0 Å². The maximum Gasteiger partial charge on any atom is 0.271 e. The number of hydrogen-bond donors (Lipinski definition) is 1. The van der Waals surface area contributed by atoms with Crippen LogP contribution >= 0.6 is 15.9 Å². The largest absolute Gasteiger partial charge is 0.318 e. The Bertz CT molecular complexity index is 1020. The lowest BCUT2D eigenvalue weighted by molar-refractivity contribution is 0.0955. The molecule has 0 bridgehead atoms. The number of aromatic nitrogens is 1. The molecule has 0 saturated heterocycles. The van der Waals surface area contributed by atoms with Gasteiger partial charge in [0.25, 0.3) is 5.91 Å². The first-order valence-corrected chi connectivity index (χ1v) is 9.51. The molecule has 1 heterocycles. The van der Waals surface area contributed by atoms with Crippen LogP contribution in [-0.2, 0) is 0 Å². The second-order valence-corrected chi connectivity index (χ2v) is 7.57. The number of rotatable bonds is 4. The summed E-state index contributed by atoms with van der Waals surface area (Å²) in [6.07, 6.45) is 1.69. The van der Waals surface area contributed by atoms with Gasteiger partial charge in [0.05, 0.1) is 6.21 Å². The minimum absolute atomic E-state index is 0.234. The van der Waals surface area contributed by atoms with Crippen LogP contribution < -0.4 is 5.43 Å². The summed E-state index contributed by atoms with van der Waals surface area (Å²) in [5.74, 6) is -0.234. The van der Waals surface area contributed by atoms with Gasteiger partial charge in [-0.25, -0.2) is 5.43 Å². The molecule has 27 heavy (non-hydrogen) atoms. The Kier molecular flexibility index (Phi) is 5.61. The Morgan fingerprint density at radius 2 is 1.74 bits per heavy atom. The van der Waals surface area contributed by atoms with E-state index in [-0.39, 0.29) is 5.91 Å². The van der Waals surface area contributed by atoms with Gasteiger partial charge >= 0.3 is 0 Å². The number of benzene rings is 2. The van der Waals surface area contributed by atoms with Crippen LogP contribution in [0.1, 0.15) is 38.4 Å². The molecular formula is C22H22BrN3O. The van der Waals surface area contributed by atoms with E-state index in [9.17, 15) is 4.79 Å². The Morgan fingerprint density at radius 3 is 2.41 bits per heavy atom. The minimum Gasteiger partial charge on any atom is -0.318 e. The molecule has 0 saturated carbocycles. The third-order valence-corrected chi connectivity index (χ3v) is 5.07. The number of nitrogens with one attached hydrogen (secondary N) is 1. The van der Waals surface area contributed by atoms with Gasteiger partial charge in [0.1, 0.15) is 0 Å². The van der Waals surface area contributed by atoms with Crippen molar-refractivity contribution in [3.05, 3.63) is 86.6 Å². The van der Waals surface area contributed by atoms with E-state index < -0.39 is 0 Å². The fourth-order valence-electron chi connectivity index (χ4n) is 3.17. The van der Waals surface area contributed by atoms with Gasteiger partial charge in [0.15, 0.2) is 0 Å². The molecule has 4 nitrogen and oxygen atoms in total. The average Bonchev–Trinajstić information content (AvgIpc) is 2.90. The molecule has 0 aliphatic carbocycles. The van der Waals surface area contributed by atoms with E-state index in [1.54, 1.807) is 18.3 Å². The van der Waals surface area contributed by atoms with Crippen LogP contribution in [0.4, 0.5) is 0 Å². The van der Waals surface area contributed by atoms with Gasteiger partial charge in [0.2, 0.25) is 0 Å². The fraction of sp³-hybridized carbons (Fsp3) is 0.182. The van der Waals surface area contributed by atoms with E-state index in [1.165, 1.54) is 11.1 Å². The lowest BCUT2D eigenvalue weighted by Crippen LogP contribution is -2.17. The number of nitrogens with zero attached hydrogens (tertiary/aromatic N) is 2. The summed E-state index contributed by atoms with van der Waals surface area (Å²) in [7, 11) is 0. The van der Waals surface area contributed by atoms with E-state index in [4.69, 9.17) is 0 Å². The molecule has 1 N–H and O–H groups in total. The van der Waals surface area contributed by atoms with Crippen LogP contribution in [0.25, 0.3) is 5.69 Å². The molecule has 0 spiro atoms. The second-order valence-electron chi connectivity index (χ2n) is 6.66. The first kappa shape index (κ1) is 19.1. The average molecular weight is 424 g/mol. The third kappa shape index (κ3) is 4.19. The molecule has 3 rings (SSSR count). The Morgan fingerprint density at radius 1 is 1.04 bits per heavy atom. The predicted octanol–water partition coefficient (Wildman–Crippen LogP) is 5.24. The highest BCUT2D eigenvalue weighted by molar-refractivity contribution is 9.10. The zero-order valence-electron chi connectivity index (χ0n) is 15.9. The van der Waals surface area contributed by atoms with Gasteiger partial charge in [-0.2, -0.15) is 5.10 Å². The first-order valence-electron chi connectivity index (χ1n) is 8.72. The van der Waals surface area contributed by atoms with Gasteiger partial charge in [-0.05, 0) is 69.7 Å². The van der Waals surface area contributed by atoms with Crippen molar-refractivity contribution in [2.24, 2.45) is 5.10 Å². The Labute approximate surface area is 168 Å². The monoisotopic (exact) mass is 423 g/mol. The predicted molar refractivity (Wildman–Crippen MR) is 114 cm³/mol. The van der Waals surface area contributed by atoms with E-state index in [0.29, 0.717) is 5.56 Å². The van der Waals surface area contributed by atoms with Gasteiger partial charge in [-0.15, -0.1) is 0 Å². The summed E-state index contributed by atoms with van der Waals surface area (Å²) in [5.41, 5.74) is 9.97. The van der Waals surface area contributed by atoms with Crippen molar-refractivity contribution in [1.29, 1.82) is 0 Å². The molecule has 0 fully saturated rings. The topological polar surface area (TPSA) is 46.4 Å². The quantitative estimate of drug-likeness (QED) is 0.452. The first-order chi connectivity index (χ1) is 12.9. The fourth-order valence-corrected chi connectivity index (χ4v) is 3.44. The highest BCUT2D eigenvalue weighted by atomic mass is 79.9. The van der Waals surface area contributed by atoms with Crippen LogP contribution in [0.15, 0.2) is 58.1 Å². The van der Waals surface area contributed by atoms with Crippen LogP contribution in [0.3, 0.4) is 0 Å². The van der Waals surface area contributed by atoms with Crippen molar-refractivity contribution in [2.75, 3.05) is 0 Å². The summed E-state index contributed by atoms with van der Waals surface area (Å²) < 4.78 is 3.15. The summed E-state index contributed by atoms with van der Waals surface area (Å²) in [6, 6.07) is 15.7. The number of amides is 1. The lowest BCUT2D eigenvalue weighted by Gasteiger charge is -2.13. The maximum absolute atomic E-state index is 12.2. The highest BCUT2D eigenvalue weighted by Gasteiger charge is 2.11. The van der Waals surface area contributed by atoms with Crippen LogP contribution in [-0.4, -0.2) is 16.7 Å². The number of hydrogen-bond acceptors (Lipinski definition) is 2. The molecule has 2 aromatic carbocycles. The van der Waals surface area contributed by atoms with Gasteiger partial charge in [-0.1, -0.05) is 33.6 Å². The normalized spacial score (nSPS) is 11.1. The van der Waals surface area contributed by atoms with Gasteiger partial charge in [0, 0.05) is 32.7 Å². The van der Waals surface area contributed by atoms with Crippen LogP contribution in [0, 0.1) is 27.7 Å². The van der Waals surface area contributed by atoms with E-state index in [1.807, 2.05) is 12.1 Å². The van der Waals surface area contributed by atoms with Gasteiger partial charge in [-0.3, -0.25) is 4.79 Å². The molecule has 138 valence electrons. The maximum atomic E-state index is 12.2. The molecule has 0 atom stereocenters. The molecular weight excluding hydrogens is 402 g/mol. The zero-order valence-corrected chi connectivity index (χ0v) is 17.5. The second kappa shape index (κ2) is 7.92. The molecule has 0 radical (unpaired) electrons. The number of aryl methyl sites for hydroxylation is 3. The third-order valence-electron chi connectivity index (χ3n) is 4.54. The Balaban J connectivity index is 1.81. The Hall–Kier alpha value is -2.66. The molecule has 1 aromatic heterocycles. The number of carbonyl (C=O) groups excluding carboxylic acids is 1. The van der Waals surface area contributed by atoms with Crippen molar-refractivity contribution < 1.29 is 4.79 Å². The highest BCUT2D eigenvalue weighted by Crippen LogP contribution is 2.23. The summed E-state index contributed by atoms with van der Waals surface area (Å²) >= 11 is 3.36. The number of carbonyl (C=O) groups is 1. The zero-order chi connectivity index (χ0) is 19.6. The molecule has 0 aliphatic heterocycles. The van der Waals surface area contributed by atoms with Crippen molar-refractivity contribution in [1.82, 2.24) is 9.99 Å². The van der Waals surface area contributed by atoms with Crippen LogP contribution in [0.5, 0.6) is 0 Å². The lowest BCUT2D eigenvalue weighted by atomic mass is 10.1. The van der Waals surface area contributed by atoms with Crippen molar-refractivity contribution in [3.8, 4) is 5.69 Å². The minimum atomic E-state index is -0.234. The molecule has 0 unspecified atom stereocenters. The number of halogens is 1. The van der Waals surface area contributed by atoms with Crippen molar-refractivity contribution in [3.63, 3.8) is 0 Å². The summed E-state index contributed by atoms with van der Waals surface area (Å²) in [5, 5.41) is 4.14. The summed E-state index contributed by atoms with van der Waals surface area (Å²) in [6.45, 7) is 8.35. The molecule has 1 amide bonds. The van der Waals surface area contributed by atoms with Crippen molar-refractivity contribution in [2.45, 2.75) is 27.7 Å². The SMILES string of the molecule is Cc1ccc(-n2c(C)cc(/C=N\NC(=O)c3ccc(Br)cc3)c2C)c(C)c1.